The molecule has 1 aromatic carbocycles. The van der Waals surface area contributed by atoms with Crippen LogP contribution in [0.5, 0.6) is 0 Å². The van der Waals surface area contributed by atoms with Gasteiger partial charge in [-0.25, -0.2) is 13.1 Å². The average Bonchev–Trinajstić information content (AvgIpc) is 2.89. The van der Waals surface area contributed by atoms with Gasteiger partial charge in [0, 0.05) is 6.04 Å². The molecule has 0 radical (unpaired) electrons. The van der Waals surface area contributed by atoms with Crippen LogP contribution in [0.4, 0.5) is 0 Å². The Morgan fingerprint density at radius 2 is 1.81 bits per heavy atom. The molecule has 2 fully saturated rings. The second-order valence-electron chi connectivity index (χ2n) is 6.01. The predicted octanol–water partition coefficient (Wildman–Crippen LogP) is 2.12. The number of piperidine rings is 1. The lowest BCUT2D eigenvalue weighted by molar-refractivity contribution is 0.565. The van der Waals surface area contributed by atoms with Crippen molar-refractivity contribution in [3.63, 3.8) is 0 Å². The van der Waals surface area contributed by atoms with E-state index in [-0.39, 0.29) is 18.4 Å². The number of sulfonamides is 1. The fraction of sp³-hybridized carbons (Fsp3) is 0.600. The Morgan fingerprint density at radius 3 is 2.33 bits per heavy atom. The Morgan fingerprint density at radius 1 is 1.24 bits per heavy atom. The molecule has 0 bridgehead atoms. The summed E-state index contributed by atoms with van der Waals surface area (Å²) in [5, 5.41) is 3.27. The van der Waals surface area contributed by atoms with Crippen LogP contribution in [0.2, 0.25) is 0 Å². The zero-order valence-corrected chi connectivity index (χ0v) is 14.0. The van der Waals surface area contributed by atoms with Crippen LogP contribution < -0.4 is 10.0 Å². The van der Waals surface area contributed by atoms with E-state index in [0.717, 1.165) is 19.5 Å². The van der Waals surface area contributed by atoms with E-state index in [1.165, 1.54) is 5.56 Å². The first-order chi connectivity index (χ1) is 9.53. The molecular formula is C15H23ClN2O2S. The van der Waals surface area contributed by atoms with Gasteiger partial charge in [0.15, 0.2) is 0 Å². The van der Waals surface area contributed by atoms with Gasteiger partial charge in [-0.05, 0) is 55.0 Å². The van der Waals surface area contributed by atoms with Gasteiger partial charge in [0.25, 0.3) is 0 Å². The van der Waals surface area contributed by atoms with E-state index in [0.29, 0.717) is 22.6 Å². The number of rotatable bonds is 5. The molecule has 2 aliphatic rings. The van der Waals surface area contributed by atoms with Crippen LogP contribution in [0.3, 0.4) is 0 Å². The van der Waals surface area contributed by atoms with Gasteiger partial charge < -0.3 is 5.32 Å². The minimum absolute atomic E-state index is 0. The van der Waals surface area contributed by atoms with E-state index < -0.39 is 10.0 Å². The number of fused-ring (bicyclic) bond motifs is 1. The topological polar surface area (TPSA) is 58.2 Å². The molecule has 6 heteroatoms. The van der Waals surface area contributed by atoms with E-state index >= 15 is 0 Å². The molecule has 0 spiro atoms. The Labute approximate surface area is 133 Å². The second-order valence-corrected chi connectivity index (χ2v) is 7.73. The highest BCUT2D eigenvalue weighted by atomic mass is 35.5. The van der Waals surface area contributed by atoms with E-state index in [4.69, 9.17) is 0 Å². The molecule has 1 aliphatic heterocycles. The minimum Gasteiger partial charge on any atom is -0.316 e. The molecule has 3 rings (SSSR count). The van der Waals surface area contributed by atoms with Crippen LogP contribution in [0.25, 0.3) is 0 Å². The monoisotopic (exact) mass is 330 g/mol. The van der Waals surface area contributed by atoms with Crippen molar-refractivity contribution >= 4 is 22.4 Å². The van der Waals surface area contributed by atoms with Gasteiger partial charge in [0.1, 0.15) is 0 Å². The zero-order chi connectivity index (χ0) is 14.3. The number of hydrogen-bond donors (Lipinski definition) is 2. The molecule has 1 saturated heterocycles. The highest BCUT2D eigenvalue weighted by molar-refractivity contribution is 7.89. The summed E-state index contributed by atoms with van der Waals surface area (Å²) in [4.78, 5) is 0.377. The van der Waals surface area contributed by atoms with Crippen molar-refractivity contribution in [3.8, 4) is 0 Å². The summed E-state index contributed by atoms with van der Waals surface area (Å²) < 4.78 is 27.5. The number of benzene rings is 1. The van der Waals surface area contributed by atoms with Gasteiger partial charge in [0.2, 0.25) is 10.0 Å². The van der Waals surface area contributed by atoms with E-state index in [9.17, 15) is 8.42 Å². The first-order valence-corrected chi connectivity index (χ1v) is 8.84. The molecule has 118 valence electrons. The Hall–Kier alpha value is -0.620. The van der Waals surface area contributed by atoms with Crippen molar-refractivity contribution in [2.24, 2.45) is 11.8 Å². The van der Waals surface area contributed by atoms with Crippen LogP contribution in [0.15, 0.2) is 29.2 Å². The maximum Gasteiger partial charge on any atom is 0.240 e. The van der Waals surface area contributed by atoms with Crippen molar-refractivity contribution in [2.45, 2.75) is 37.1 Å². The fourth-order valence-corrected chi connectivity index (χ4v) is 4.39. The maximum absolute atomic E-state index is 12.3. The molecule has 1 aromatic rings. The van der Waals surface area contributed by atoms with Crippen molar-refractivity contribution < 1.29 is 8.42 Å². The molecule has 21 heavy (non-hydrogen) atoms. The lowest BCUT2D eigenvalue weighted by Crippen LogP contribution is -2.32. The molecular weight excluding hydrogens is 308 g/mol. The van der Waals surface area contributed by atoms with Gasteiger partial charge in [0.05, 0.1) is 4.90 Å². The summed E-state index contributed by atoms with van der Waals surface area (Å²) in [6, 6.07) is 7.44. The quantitative estimate of drug-likeness (QED) is 0.869. The lowest BCUT2D eigenvalue weighted by Gasteiger charge is -2.11. The Balaban J connectivity index is 0.00000161. The van der Waals surface area contributed by atoms with Gasteiger partial charge in [-0.15, -0.1) is 12.4 Å². The minimum atomic E-state index is -3.37. The zero-order valence-electron chi connectivity index (χ0n) is 12.4. The van der Waals surface area contributed by atoms with E-state index in [1.54, 1.807) is 12.1 Å². The summed E-state index contributed by atoms with van der Waals surface area (Å²) >= 11 is 0. The summed E-state index contributed by atoms with van der Waals surface area (Å²) in [6.07, 6.45) is 1.06. The van der Waals surface area contributed by atoms with Crippen LogP contribution in [-0.2, 0) is 10.0 Å². The highest BCUT2D eigenvalue weighted by Crippen LogP contribution is 2.42. The smallest absolute Gasteiger partial charge is 0.240 e. The third-order valence-electron chi connectivity index (χ3n) is 4.75. The molecule has 1 heterocycles. The van der Waals surface area contributed by atoms with Crippen LogP contribution in [0, 0.1) is 11.8 Å². The van der Waals surface area contributed by atoms with Crippen LogP contribution in [-0.4, -0.2) is 27.5 Å². The fourth-order valence-electron chi connectivity index (χ4n) is 3.05. The summed E-state index contributed by atoms with van der Waals surface area (Å²) in [5.41, 5.74) is 1.19. The normalized spacial score (nSPS) is 28.6. The summed E-state index contributed by atoms with van der Waals surface area (Å²) in [6.45, 7) is 6.16. The van der Waals surface area contributed by atoms with Gasteiger partial charge in [-0.3, -0.25) is 0 Å². The molecule has 3 atom stereocenters. The van der Waals surface area contributed by atoms with E-state index in [2.05, 4.69) is 23.9 Å². The molecule has 4 nitrogen and oxygen atoms in total. The first kappa shape index (κ1) is 16.7. The second kappa shape index (κ2) is 6.24. The molecule has 3 unspecified atom stereocenters. The van der Waals surface area contributed by atoms with Crippen molar-refractivity contribution in [1.29, 1.82) is 0 Å². The maximum atomic E-state index is 12.3. The third kappa shape index (κ3) is 3.26. The van der Waals surface area contributed by atoms with Crippen molar-refractivity contribution in [3.05, 3.63) is 29.8 Å². The molecule has 1 saturated carbocycles. The number of nitrogens with one attached hydrogen (secondary N) is 2. The third-order valence-corrected chi connectivity index (χ3v) is 6.23. The lowest BCUT2D eigenvalue weighted by atomic mass is 9.99. The largest absolute Gasteiger partial charge is 0.316 e. The summed E-state index contributed by atoms with van der Waals surface area (Å²) in [7, 11) is -3.37. The van der Waals surface area contributed by atoms with Gasteiger partial charge in [-0.2, -0.15) is 0 Å². The Bertz CT molecular complexity index is 578. The number of hydrogen-bond acceptors (Lipinski definition) is 3. The van der Waals surface area contributed by atoms with E-state index in [1.807, 2.05) is 12.1 Å². The van der Waals surface area contributed by atoms with Crippen LogP contribution >= 0.6 is 12.4 Å². The van der Waals surface area contributed by atoms with Crippen molar-refractivity contribution in [2.75, 3.05) is 13.1 Å². The van der Waals surface area contributed by atoms with Crippen molar-refractivity contribution in [1.82, 2.24) is 10.0 Å². The first-order valence-electron chi connectivity index (χ1n) is 7.36. The predicted molar refractivity (Wildman–Crippen MR) is 86.4 cm³/mol. The Kier molecular flexibility index (Phi) is 4.98. The van der Waals surface area contributed by atoms with Gasteiger partial charge in [-0.1, -0.05) is 26.0 Å². The highest BCUT2D eigenvalue weighted by Gasteiger charge is 2.54. The standard InChI is InChI=1S/C15H22N2O2S.ClH/c1-3-10(2)11-4-6-12(7-5-11)20(18,19)17-15-13-8-16-9-14(13)15;/h4-7,10,13-17H,3,8-9H2,1-2H3;1H. The SMILES string of the molecule is CCC(C)c1ccc(S(=O)(=O)NC2C3CNCC32)cc1.Cl. The molecule has 1 aliphatic carbocycles. The van der Waals surface area contributed by atoms with Gasteiger partial charge >= 0.3 is 0 Å². The summed E-state index contributed by atoms with van der Waals surface area (Å²) in [5.74, 6) is 1.45. The average molecular weight is 331 g/mol. The number of halogens is 1. The molecule has 2 N–H and O–H groups in total. The molecule has 0 amide bonds. The van der Waals surface area contributed by atoms with Crippen LogP contribution in [0.1, 0.15) is 31.7 Å². The molecule has 0 aromatic heterocycles.